The third kappa shape index (κ3) is 4.27. The Bertz CT molecular complexity index is 663. The summed E-state index contributed by atoms with van der Waals surface area (Å²) < 4.78 is -0.000206. The highest BCUT2D eigenvalue weighted by Crippen LogP contribution is 2.33. The van der Waals surface area contributed by atoms with Gasteiger partial charge in [-0.3, -0.25) is 4.79 Å². The number of nitrogens with zero attached hydrogens (tertiary/aromatic N) is 1. The first kappa shape index (κ1) is 20.0. The third-order valence-corrected chi connectivity index (χ3v) is 5.79. The van der Waals surface area contributed by atoms with E-state index in [0.717, 1.165) is 5.56 Å². The lowest BCUT2D eigenvalue weighted by atomic mass is 9.89. The van der Waals surface area contributed by atoms with Crippen molar-refractivity contribution in [2.24, 2.45) is 5.92 Å². The number of rotatable bonds is 3. The van der Waals surface area contributed by atoms with Crippen molar-refractivity contribution in [2.75, 3.05) is 13.1 Å². The summed E-state index contributed by atoms with van der Waals surface area (Å²) >= 11 is 12.0. The van der Waals surface area contributed by atoms with Gasteiger partial charge in [-0.05, 0) is 38.5 Å². The highest BCUT2D eigenvalue weighted by molar-refractivity contribution is 6.35. The number of carbonyl (C=O) groups is 2. The molecule has 1 saturated heterocycles. The summed E-state index contributed by atoms with van der Waals surface area (Å²) in [6.45, 7) is 7.05. The molecule has 0 aliphatic carbocycles. The molecule has 0 radical (unpaired) electrons. The number of benzene rings is 1. The van der Waals surface area contributed by atoms with Gasteiger partial charge in [-0.1, -0.05) is 29.3 Å². The lowest BCUT2D eigenvalue weighted by Gasteiger charge is -2.47. The third-order valence-electron chi connectivity index (χ3n) is 5.21. The molecule has 0 spiro atoms. The van der Waals surface area contributed by atoms with E-state index >= 15 is 0 Å². The average Bonchev–Trinajstić information content (AvgIpc) is 2.52. The van der Waals surface area contributed by atoms with Gasteiger partial charge in [-0.15, -0.1) is 0 Å². The molecular weight excluding hydrogens is 363 g/mol. The van der Waals surface area contributed by atoms with Gasteiger partial charge in [-0.2, -0.15) is 4.79 Å². The largest absolute Gasteiger partial charge is 0.513 e. The first-order chi connectivity index (χ1) is 11.6. The zero-order valence-corrected chi connectivity index (χ0v) is 16.3. The molecule has 1 fully saturated rings. The fourth-order valence-corrected chi connectivity index (χ4v) is 3.89. The number of carbonyl (C=O) groups excluding carboxylic acids is 1. The maximum Gasteiger partial charge on any atom is 0.513 e. The van der Waals surface area contributed by atoms with Crippen LogP contribution in [0.15, 0.2) is 18.2 Å². The predicted octanol–water partition coefficient (Wildman–Crippen LogP) is 4.31. The van der Waals surface area contributed by atoms with Gasteiger partial charge in [0.1, 0.15) is 5.54 Å². The van der Waals surface area contributed by atoms with E-state index in [1.54, 1.807) is 18.2 Å². The molecule has 0 aromatic heterocycles. The SMILES string of the molecule is CC(C)(C)[N+]1(C(=O)O)CCC(C(=O)NCc2ccc(Cl)cc2Cl)CC1. The molecule has 0 bridgehead atoms. The number of halogens is 2. The topological polar surface area (TPSA) is 66.4 Å². The Morgan fingerprint density at radius 2 is 1.84 bits per heavy atom. The quantitative estimate of drug-likeness (QED) is 0.759. The van der Waals surface area contributed by atoms with Crippen LogP contribution in [0.1, 0.15) is 39.2 Å². The molecule has 5 nitrogen and oxygen atoms in total. The molecule has 1 aliphatic heterocycles. The van der Waals surface area contributed by atoms with E-state index in [2.05, 4.69) is 5.32 Å². The summed E-state index contributed by atoms with van der Waals surface area (Å²) in [5.41, 5.74) is 0.407. The lowest BCUT2D eigenvalue weighted by molar-refractivity contribution is -0.908. The molecule has 2 N–H and O–H groups in total. The summed E-state index contributed by atoms with van der Waals surface area (Å²) in [4.78, 5) is 24.3. The Morgan fingerprint density at radius 3 is 2.32 bits per heavy atom. The van der Waals surface area contributed by atoms with Crippen molar-refractivity contribution in [3.63, 3.8) is 0 Å². The van der Waals surface area contributed by atoms with Gasteiger partial charge in [0.2, 0.25) is 5.91 Å². The molecule has 1 aromatic rings. The Labute approximate surface area is 158 Å². The fraction of sp³-hybridized carbons (Fsp3) is 0.556. The van der Waals surface area contributed by atoms with Crippen molar-refractivity contribution in [2.45, 2.75) is 45.7 Å². The molecule has 0 atom stereocenters. The molecule has 25 heavy (non-hydrogen) atoms. The predicted molar refractivity (Wildman–Crippen MR) is 98.8 cm³/mol. The Hall–Kier alpha value is -1.30. The Kier molecular flexibility index (Phi) is 6.02. The van der Waals surface area contributed by atoms with Crippen LogP contribution < -0.4 is 5.32 Å². The van der Waals surface area contributed by atoms with E-state index in [4.69, 9.17) is 23.2 Å². The molecule has 1 heterocycles. The van der Waals surface area contributed by atoms with Gasteiger partial charge in [0, 0.05) is 35.3 Å². The van der Waals surface area contributed by atoms with Gasteiger partial charge in [0.15, 0.2) is 0 Å². The van der Waals surface area contributed by atoms with E-state index in [1.807, 2.05) is 20.8 Å². The number of amides is 2. The van der Waals surface area contributed by atoms with Crippen molar-refractivity contribution >= 4 is 35.2 Å². The second kappa shape index (κ2) is 7.52. The number of hydrogen-bond donors (Lipinski definition) is 2. The summed E-state index contributed by atoms with van der Waals surface area (Å²) in [6, 6.07) is 5.17. The van der Waals surface area contributed by atoms with Crippen LogP contribution >= 0.6 is 23.2 Å². The van der Waals surface area contributed by atoms with E-state index < -0.39 is 11.6 Å². The van der Waals surface area contributed by atoms with E-state index in [-0.39, 0.29) is 16.3 Å². The summed E-state index contributed by atoms with van der Waals surface area (Å²) in [6.07, 6.45) is 0.298. The average molecular weight is 388 g/mol. The number of nitrogens with one attached hydrogen (secondary N) is 1. The molecule has 1 aliphatic rings. The first-order valence-electron chi connectivity index (χ1n) is 8.39. The number of carboxylic acid groups (broad SMARTS) is 1. The van der Waals surface area contributed by atoms with Crippen molar-refractivity contribution in [1.82, 2.24) is 5.32 Å². The molecule has 0 saturated carbocycles. The smallest absolute Gasteiger partial charge is 0.435 e. The molecule has 7 heteroatoms. The molecule has 1 aromatic carbocycles. The molecular formula is C18H25Cl2N2O3+. The minimum atomic E-state index is -0.820. The second-order valence-corrected chi connectivity index (χ2v) is 8.44. The highest BCUT2D eigenvalue weighted by atomic mass is 35.5. The van der Waals surface area contributed by atoms with Gasteiger partial charge in [-0.25, -0.2) is 4.48 Å². The Balaban J connectivity index is 1.96. The van der Waals surface area contributed by atoms with E-state index in [0.29, 0.717) is 42.5 Å². The second-order valence-electron chi connectivity index (χ2n) is 7.60. The first-order valence-corrected chi connectivity index (χ1v) is 9.15. The van der Waals surface area contributed by atoms with Crippen LogP contribution in [0.2, 0.25) is 10.0 Å². The van der Waals surface area contributed by atoms with Crippen LogP contribution in [0.5, 0.6) is 0 Å². The number of hydrogen-bond acceptors (Lipinski definition) is 2. The number of quaternary nitrogens is 1. The normalized spacial score (nSPS) is 24.0. The zero-order valence-electron chi connectivity index (χ0n) is 14.8. The fourth-order valence-electron chi connectivity index (χ4n) is 3.41. The summed E-state index contributed by atoms with van der Waals surface area (Å²) in [5.74, 6) is -0.220. The monoisotopic (exact) mass is 387 g/mol. The molecule has 2 rings (SSSR count). The molecule has 2 amide bonds. The number of likely N-dealkylation sites (tertiary alicyclic amines) is 1. The molecule has 0 unspecified atom stereocenters. The van der Waals surface area contributed by atoms with Crippen molar-refractivity contribution in [3.05, 3.63) is 33.8 Å². The minimum Gasteiger partial charge on any atom is -0.435 e. The van der Waals surface area contributed by atoms with Gasteiger partial charge >= 0.3 is 6.09 Å². The van der Waals surface area contributed by atoms with Crippen LogP contribution in [0.3, 0.4) is 0 Å². The van der Waals surface area contributed by atoms with E-state index in [1.165, 1.54) is 0 Å². The lowest BCUT2D eigenvalue weighted by Crippen LogP contribution is -2.66. The van der Waals surface area contributed by atoms with Gasteiger partial charge in [0.25, 0.3) is 0 Å². The highest BCUT2D eigenvalue weighted by Gasteiger charge is 2.50. The van der Waals surface area contributed by atoms with Crippen molar-refractivity contribution in [3.8, 4) is 0 Å². The Morgan fingerprint density at radius 1 is 1.24 bits per heavy atom. The van der Waals surface area contributed by atoms with Crippen LogP contribution in [-0.4, -0.2) is 40.2 Å². The zero-order chi connectivity index (χ0) is 18.8. The van der Waals surface area contributed by atoms with Crippen molar-refractivity contribution in [1.29, 1.82) is 0 Å². The van der Waals surface area contributed by atoms with Gasteiger partial charge in [0.05, 0.1) is 13.1 Å². The van der Waals surface area contributed by atoms with Crippen LogP contribution in [-0.2, 0) is 11.3 Å². The van der Waals surface area contributed by atoms with Crippen LogP contribution in [0.4, 0.5) is 4.79 Å². The van der Waals surface area contributed by atoms with Gasteiger partial charge < -0.3 is 10.4 Å². The standard InChI is InChI=1S/C18H24Cl2N2O3/c1-18(2,3)22(17(24)25)8-6-12(7-9-22)16(23)21-11-13-4-5-14(19)10-15(13)20/h4-5,10,12H,6-9,11H2,1-3H3,(H-,21,23,24,25)/p+1. The maximum atomic E-state index is 12.4. The van der Waals surface area contributed by atoms with Crippen molar-refractivity contribution < 1.29 is 19.2 Å². The summed E-state index contributed by atoms with van der Waals surface area (Å²) in [7, 11) is 0. The number of piperidine rings is 1. The van der Waals surface area contributed by atoms with E-state index in [9.17, 15) is 14.7 Å². The molecule has 138 valence electrons. The summed E-state index contributed by atoms with van der Waals surface area (Å²) in [5, 5.41) is 13.7. The maximum absolute atomic E-state index is 12.4. The van der Waals surface area contributed by atoms with Crippen LogP contribution in [0.25, 0.3) is 0 Å². The van der Waals surface area contributed by atoms with Crippen LogP contribution in [0, 0.1) is 5.92 Å². The minimum absolute atomic E-state index is 0.000206.